The van der Waals surface area contributed by atoms with Gasteiger partial charge < -0.3 is 15.3 Å². The average Bonchev–Trinajstić information content (AvgIpc) is 2.22. The van der Waals surface area contributed by atoms with E-state index in [9.17, 15) is 9.90 Å². The molecule has 1 saturated heterocycles. The molecule has 1 aliphatic heterocycles. The van der Waals surface area contributed by atoms with Crippen LogP contribution < -0.4 is 5.32 Å². The molecular formula is C15H30N2O2. The van der Waals surface area contributed by atoms with Crippen LogP contribution in [0.4, 0.5) is 0 Å². The summed E-state index contributed by atoms with van der Waals surface area (Å²) >= 11 is 0. The summed E-state index contributed by atoms with van der Waals surface area (Å²) in [6, 6.07) is 0. The lowest BCUT2D eigenvalue weighted by molar-refractivity contribution is -0.128. The van der Waals surface area contributed by atoms with E-state index in [1.54, 1.807) is 0 Å². The van der Waals surface area contributed by atoms with Gasteiger partial charge in [0.15, 0.2) is 0 Å². The highest BCUT2D eigenvalue weighted by Gasteiger charge is 2.26. The smallest absolute Gasteiger partial charge is 0.225 e. The second kappa shape index (κ2) is 6.23. The van der Waals surface area contributed by atoms with Gasteiger partial charge in [0.2, 0.25) is 5.91 Å². The summed E-state index contributed by atoms with van der Waals surface area (Å²) in [4.78, 5) is 14.2. The molecule has 1 fully saturated rings. The Morgan fingerprint density at radius 2 is 1.95 bits per heavy atom. The molecule has 1 amide bonds. The van der Waals surface area contributed by atoms with Crippen molar-refractivity contribution in [3.05, 3.63) is 0 Å². The number of rotatable bonds is 4. The highest BCUT2D eigenvalue weighted by atomic mass is 16.3. The Balaban J connectivity index is 2.37. The number of aliphatic hydroxyl groups is 1. The first-order valence-corrected chi connectivity index (χ1v) is 7.31. The van der Waals surface area contributed by atoms with Crippen LogP contribution in [0.2, 0.25) is 0 Å². The number of likely N-dealkylation sites (tertiary alicyclic amines) is 1. The number of hydrogen-bond donors (Lipinski definition) is 2. The number of amides is 1. The zero-order valence-electron chi connectivity index (χ0n) is 13.1. The molecule has 0 aromatic heterocycles. The van der Waals surface area contributed by atoms with Crippen molar-refractivity contribution in [2.24, 2.45) is 11.3 Å². The molecule has 1 heterocycles. The number of piperidine rings is 1. The van der Waals surface area contributed by atoms with Crippen molar-refractivity contribution in [3.8, 4) is 0 Å². The van der Waals surface area contributed by atoms with Gasteiger partial charge in [-0.15, -0.1) is 0 Å². The fraction of sp³-hybridized carbons (Fsp3) is 0.933. The highest BCUT2D eigenvalue weighted by Crippen LogP contribution is 2.19. The van der Waals surface area contributed by atoms with Gasteiger partial charge in [-0.3, -0.25) is 4.79 Å². The van der Waals surface area contributed by atoms with E-state index in [1.807, 2.05) is 34.6 Å². The summed E-state index contributed by atoms with van der Waals surface area (Å²) in [5, 5.41) is 12.9. The molecule has 1 atom stereocenters. The summed E-state index contributed by atoms with van der Waals surface area (Å²) < 4.78 is 0. The van der Waals surface area contributed by atoms with Crippen LogP contribution in [-0.2, 0) is 4.79 Å². The Bertz CT molecular complexity index is 302. The van der Waals surface area contributed by atoms with Gasteiger partial charge in [0, 0.05) is 25.0 Å². The third-order valence-electron chi connectivity index (χ3n) is 3.45. The van der Waals surface area contributed by atoms with E-state index in [0.717, 1.165) is 32.5 Å². The van der Waals surface area contributed by atoms with Gasteiger partial charge in [-0.1, -0.05) is 20.8 Å². The van der Waals surface area contributed by atoms with Gasteiger partial charge >= 0.3 is 0 Å². The van der Waals surface area contributed by atoms with E-state index in [2.05, 4.69) is 10.2 Å². The van der Waals surface area contributed by atoms with Crippen molar-refractivity contribution in [2.75, 3.05) is 26.2 Å². The van der Waals surface area contributed by atoms with Gasteiger partial charge in [0.25, 0.3) is 0 Å². The molecule has 0 radical (unpaired) electrons. The summed E-state index contributed by atoms with van der Waals surface area (Å²) in [6.07, 6.45) is 2.30. The van der Waals surface area contributed by atoms with E-state index in [-0.39, 0.29) is 11.3 Å². The molecule has 4 heteroatoms. The minimum atomic E-state index is -0.642. The van der Waals surface area contributed by atoms with Crippen molar-refractivity contribution in [3.63, 3.8) is 0 Å². The van der Waals surface area contributed by atoms with Crippen LogP contribution in [0.1, 0.15) is 47.5 Å². The average molecular weight is 270 g/mol. The lowest BCUT2D eigenvalue weighted by atomic mass is 9.93. The first kappa shape index (κ1) is 16.4. The standard InChI is InChI=1S/C15H30N2O2/c1-14(2,3)13(18)16-9-12-7-6-8-17(10-12)11-15(4,5)19/h12,19H,6-11H2,1-5H3,(H,16,18). The monoisotopic (exact) mass is 270 g/mol. The van der Waals surface area contributed by atoms with Gasteiger partial charge in [0.05, 0.1) is 5.60 Å². The lowest BCUT2D eigenvalue weighted by Gasteiger charge is -2.36. The van der Waals surface area contributed by atoms with E-state index in [0.29, 0.717) is 12.5 Å². The zero-order valence-corrected chi connectivity index (χ0v) is 13.1. The van der Waals surface area contributed by atoms with E-state index in [4.69, 9.17) is 0 Å². The van der Waals surface area contributed by atoms with Crippen LogP contribution in [-0.4, -0.2) is 47.7 Å². The van der Waals surface area contributed by atoms with Crippen molar-refractivity contribution in [1.82, 2.24) is 10.2 Å². The summed E-state index contributed by atoms with van der Waals surface area (Å²) in [5.41, 5.74) is -0.960. The number of nitrogens with zero attached hydrogens (tertiary/aromatic N) is 1. The predicted molar refractivity (Wildman–Crippen MR) is 77.9 cm³/mol. The highest BCUT2D eigenvalue weighted by molar-refractivity contribution is 5.81. The maximum Gasteiger partial charge on any atom is 0.225 e. The van der Waals surface area contributed by atoms with Crippen molar-refractivity contribution >= 4 is 5.91 Å². The second-order valence-electron chi connectivity index (χ2n) is 7.52. The first-order valence-electron chi connectivity index (χ1n) is 7.31. The van der Waals surface area contributed by atoms with E-state index < -0.39 is 5.60 Å². The molecule has 1 aliphatic rings. The Labute approximate surface area is 117 Å². The Hall–Kier alpha value is -0.610. The molecule has 1 unspecified atom stereocenters. The van der Waals surface area contributed by atoms with Crippen LogP contribution in [0, 0.1) is 11.3 Å². The summed E-state index contributed by atoms with van der Waals surface area (Å²) in [6.45, 7) is 13.0. The Morgan fingerprint density at radius 1 is 1.32 bits per heavy atom. The van der Waals surface area contributed by atoms with Crippen LogP contribution >= 0.6 is 0 Å². The molecule has 19 heavy (non-hydrogen) atoms. The quantitative estimate of drug-likeness (QED) is 0.816. The molecule has 0 aromatic rings. The molecule has 2 N–H and O–H groups in total. The summed E-state index contributed by atoms with van der Waals surface area (Å²) in [5.74, 6) is 0.620. The van der Waals surface area contributed by atoms with Crippen molar-refractivity contribution in [1.29, 1.82) is 0 Å². The number of β-amino-alcohol motifs (C(OH)–C–C–N with tert-alkyl or cyclic N) is 1. The van der Waals surface area contributed by atoms with Gasteiger partial charge in [-0.2, -0.15) is 0 Å². The number of nitrogens with one attached hydrogen (secondary N) is 1. The second-order valence-corrected chi connectivity index (χ2v) is 7.52. The summed E-state index contributed by atoms with van der Waals surface area (Å²) in [7, 11) is 0. The van der Waals surface area contributed by atoms with Crippen LogP contribution in [0.15, 0.2) is 0 Å². The molecule has 1 rings (SSSR count). The molecule has 0 saturated carbocycles. The van der Waals surface area contributed by atoms with Crippen molar-refractivity contribution in [2.45, 2.75) is 53.1 Å². The Kier molecular flexibility index (Phi) is 5.39. The number of hydrogen-bond acceptors (Lipinski definition) is 3. The SMILES string of the molecule is CC(C)(O)CN1CCCC(CNC(=O)C(C)(C)C)C1. The number of carbonyl (C=O) groups excluding carboxylic acids is 1. The predicted octanol–water partition coefficient (Wildman–Crippen LogP) is 1.63. The molecule has 0 spiro atoms. The topological polar surface area (TPSA) is 52.6 Å². The Morgan fingerprint density at radius 3 is 2.47 bits per heavy atom. The third kappa shape index (κ3) is 6.39. The molecular weight excluding hydrogens is 240 g/mol. The fourth-order valence-electron chi connectivity index (χ4n) is 2.51. The molecule has 112 valence electrons. The van der Waals surface area contributed by atoms with Crippen LogP contribution in [0.5, 0.6) is 0 Å². The third-order valence-corrected chi connectivity index (χ3v) is 3.45. The molecule has 0 aromatic carbocycles. The lowest BCUT2D eigenvalue weighted by Crippen LogP contribution is -2.47. The van der Waals surface area contributed by atoms with Crippen LogP contribution in [0.3, 0.4) is 0 Å². The van der Waals surface area contributed by atoms with Crippen molar-refractivity contribution < 1.29 is 9.90 Å². The van der Waals surface area contributed by atoms with Gasteiger partial charge in [0.1, 0.15) is 0 Å². The molecule has 4 nitrogen and oxygen atoms in total. The van der Waals surface area contributed by atoms with E-state index in [1.165, 1.54) is 0 Å². The maximum absolute atomic E-state index is 11.9. The van der Waals surface area contributed by atoms with E-state index >= 15 is 0 Å². The minimum Gasteiger partial charge on any atom is -0.389 e. The fourth-order valence-corrected chi connectivity index (χ4v) is 2.51. The maximum atomic E-state index is 11.9. The number of carbonyl (C=O) groups is 1. The zero-order chi connectivity index (χ0) is 14.7. The normalized spacial score (nSPS) is 22.3. The minimum absolute atomic E-state index is 0.118. The first-order chi connectivity index (χ1) is 8.58. The molecule has 0 aliphatic carbocycles. The van der Waals surface area contributed by atoms with Crippen LogP contribution in [0.25, 0.3) is 0 Å². The molecule has 0 bridgehead atoms. The van der Waals surface area contributed by atoms with Gasteiger partial charge in [-0.05, 0) is 39.2 Å². The largest absolute Gasteiger partial charge is 0.389 e. The van der Waals surface area contributed by atoms with Gasteiger partial charge in [-0.25, -0.2) is 0 Å².